The van der Waals surface area contributed by atoms with Crippen LogP contribution >= 0.6 is 15.9 Å². The highest BCUT2D eigenvalue weighted by atomic mass is 79.9. The first-order valence-corrected chi connectivity index (χ1v) is 8.20. The number of alkyl carbamates (subject to hydrolysis) is 1. The second-order valence-electron chi connectivity index (χ2n) is 6.02. The summed E-state index contributed by atoms with van der Waals surface area (Å²) in [7, 11) is 0. The van der Waals surface area contributed by atoms with Gasteiger partial charge in [-0.05, 0) is 52.9 Å². The van der Waals surface area contributed by atoms with E-state index in [1.807, 2.05) is 0 Å². The van der Waals surface area contributed by atoms with E-state index in [0.29, 0.717) is 11.8 Å². The molecule has 0 saturated heterocycles. The summed E-state index contributed by atoms with van der Waals surface area (Å²) in [4.78, 5) is 23.8. The lowest BCUT2D eigenvalue weighted by molar-refractivity contribution is -0.151. The minimum absolute atomic E-state index is 0.000706. The van der Waals surface area contributed by atoms with Crippen molar-refractivity contribution in [3.63, 3.8) is 0 Å². The number of halogens is 1. The van der Waals surface area contributed by atoms with Crippen LogP contribution in [0.3, 0.4) is 0 Å². The molecule has 0 aromatic rings. The Hall–Kier alpha value is -0.780. The number of esters is 1. The predicted octanol–water partition coefficient (Wildman–Crippen LogP) is 3.15. The van der Waals surface area contributed by atoms with Crippen LogP contribution < -0.4 is 5.32 Å². The van der Waals surface area contributed by atoms with Crippen molar-refractivity contribution in [3.8, 4) is 0 Å². The zero-order valence-electron chi connectivity index (χ0n) is 12.4. The Bertz CT molecular complexity index is 335. The number of carbonyl (C=O) groups is 2. The highest BCUT2D eigenvalue weighted by molar-refractivity contribution is 9.09. The molecule has 1 saturated carbocycles. The maximum absolute atomic E-state index is 12.1. The molecule has 5 nitrogen and oxygen atoms in total. The number of alkyl halides is 1. The summed E-state index contributed by atoms with van der Waals surface area (Å²) in [6.45, 7) is 5.34. The Balaban J connectivity index is 2.49. The van der Waals surface area contributed by atoms with Crippen molar-refractivity contribution in [1.82, 2.24) is 5.32 Å². The molecule has 0 spiro atoms. The molecule has 1 unspecified atom stereocenters. The van der Waals surface area contributed by atoms with Gasteiger partial charge in [-0.3, -0.25) is 0 Å². The summed E-state index contributed by atoms with van der Waals surface area (Å²) in [5.41, 5.74) is -0.585. The standard InChI is InChI=1S/C14H24BrNO4/c1-14(2,3)20-13(18)16-11(8-9-15)12(17)19-10-6-4-5-7-10/h10-11H,4-9H2,1-3H3,(H,16,18). The van der Waals surface area contributed by atoms with Gasteiger partial charge < -0.3 is 14.8 Å². The van der Waals surface area contributed by atoms with Crippen molar-refractivity contribution in [2.45, 2.75) is 70.6 Å². The maximum atomic E-state index is 12.1. The van der Waals surface area contributed by atoms with E-state index in [1.165, 1.54) is 0 Å². The van der Waals surface area contributed by atoms with E-state index in [4.69, 9.17) is 9.47 Å². The van der Waals surface area contributed by atoms with Crippen LogP contribution in [-0.4, -0.2) is 35.1 Å². The van der Waals surface area contributed by atoms with Gasteiger partial charge in [0.05, 0.1) is 0 Å². The zero-order valence-corrected chi connectivity index (χ0v) is 14.0. The lowest BCUT2D eigenvalue weighted by atomic mass is 10.2. The molecule has 1 rings (SSSR count). The average Bonchev–Trinajstić information content (AvgIpc) is 2.78. The molecule has 116 valence electrons. The highest BCUT2D eigenvalue weighted by Gasteiger charge is 2.28. The third-order valence-corrected chi connectivity index (χ3v) is 3.42. The lowest BCUT2D eigenvalue weighted by Crippen LogP contribution is -2.45. The van der Waals surface area contributed by atoms with E-state index in [-0.39, 0.29) is 12.1 Å². The smallest absolute Gasteiger partial charge is 0.408 e. The van der Waals surface area contributed by atoms with Crippen LogP contribution in [0.2, 0.25) is 0 Å². The second kappa shape index (κ2) is 7.86. The first-order chi connectivity index (χ1) is 9.31. The summed E-state index contributed by atoms with van der Waals surface area (Å²) in [6.07, 6.45) is 3.91. The summed E-state index contributed by atoms with van der Waals surface area (Å²) in [5.74, 6) is -0.373. The van der Waals surface area contributed by atoms with Crippen molar-refractivity contribution in [3.05, 3.63) is 0 Å². The Morgan fingerprint density at radius 1 is 1.30 bits per heavy atom. The summed E-state index contributed by atoms with van der Waals surface area (Å²) in [5, 5.41) is 3.19. The van der Waals surface area contributed by atoms with Crippen molar-refractivity contribution in [2.75, 3.05) is 5.33 Å². The van der Waals surface area contributed by atoms with Gasteiger partial charge >= 0.3 is 12.1 Å². The van der Waals surface area contributed by atoms with Crippen LogP contribution in [0, 0.1) is 0 Å². The van der Waals surface area contributed by atoms with Gasteiger partial charge in [0.1, 0.15) is 17.7 Å². The molecule has 0 aromatic heterocycles. The van der Waals surface area contributed by atoms with Gasteiger partial charge in [0, 0.05) is 5.33 Å². The highest BCUT2D eigenvalue weighted by Crippen LogP contribution is 2.21. The first-order valence-electron chi connectivity index (χ1n) is 7.08. The van der Waals surface area contributed by atoms with Gasteiger partial charge in [0.25, 0.3) is 0 Å². The fourth-order valence-corrected chi connectivity index (χ4v) is 2.52. The number of hydrogen-bond acceptors (Lipinski definition) is 4. The first kappa shape index (κ1) is 17.3. The van der Waals surface area contributed by atoms with E-state index in [0.717, 1.165) is 25.7 Å². The van der Waals surface area contributed by atoms with E-state index in [1.54, 1.807) is 20.8 Å². The number of amides is 1. The molecule has 1 atom stereocenters. The van der Waals surface area contributed by atoms with Crippen LogP contribution in [-0.2, 0) is 14.3 Å². The third-order valence-electron chi connectivity index (χ3n) is 2.96. The predicted molar refractivity (Wildman–Crippen MR) is 79.9 cm³/mol. The molecule has 1 N–H and O–H groups in total. The lowest BCUT2D eigenvalue weighted by Gasteiger charge is -2.23. The van der Waals surface area contributed by atoms with Gasteiger partial charge in [-0.15, -0.1) is 0 Å². The van der Waals surface area contributed by atoms with Crippen LogP contribution in [0.1, 0.15) is 52.9 Å². The van der Waals surface area contributed by atoms with Crippen molar-refractivity contribution >= 4 is 28.0 Å². The van der Waals surface area contributed by atoms with Crippen molar-refractivity contribution in [1.29, 1.82) is 0 Å². The molecular formula is C14H24BrNO4. The largest absolute Gasteiger partial charge is 0.461 e. The van der Waals surface area contributed by atoms with Crippen molar-refractivity contribution in [2.24, 2.45) is 0 Å². The van der Waals surface area contributed by atoms with Gasteiger partial charge in [-0.25, -0.2) is 9.59 Å². The Kier molecular flexibility index (Phi) is 6.79. The normalized spacial score (nSPS) is 17.6. The van der Waals surface area contributed by atoms with Crippen LogP contribution in [0.15, 0.2) is 0 Å². The second-order valence-corrected chi connectivity index (χ2v) is 6.81. The fourth-order valence-electron chi connectivity index (χ4n) is 2.06. The quantitative estimate of drug-likeness (QED) is 0.611. The molecule has 1 aliphatic carbocycles. The number of carbonyl (C=O) groups excluding carboxylic acids is 2. The number of hydrogen-bond donors (Lipinski definition) is 1. The van der Waals surface area contributed by atoms with Crippen LogP contribution in [0.4, 0.5) is 4.79 Å². The van der Waals surface area contributed by atoms with E-state index >= 15 is 0 Å². The molecule has 0 aromatic carbocycles. The molecule has 0 bridgehead atoms. The van der Waals surface area contributed by atoms with E-state index < -0.39 is 17.7 Å². The molecule has 1 aliphatic rings. The molecule has 0 heterocycles. The van der Waals surface area contributed by atoms with E-state index in [9.17, 15) is 9.59 Å². The van der Waals surface area contributed by atoms with Gasteiger partial charge in [-0.1, -0.05) is 15.9 Å². The number of ether oxygens (including phenoxy) is 2. The molecule has 0 radical (unpaired) electrons. The summed E-state index contributed by atoms with van der Waals surface area (Å²) < 4.78 is 10.6. The molecular weight excluding hydrogens is 326 g/mol. The fraction of sp³-hybridized carbons (Fsp3) is 0.857. The summed E-state index contributed by atoms with van der Waals surface area (Å²) >= 11 is 3.28. The molecule has 0 aliphatic heterocycles. The maximum Gasteiger partial charge on any atom is 0.408 e. The Labute approximate surface area is 128 Å². The van der Waals surface area contributed by atoms with Crippen molar-refractivity contribution < 1.29 is 19.1 Å². The molecule has 20 heavy (non-hydrogen) atoms. The monoisotopic (exact) mass is 349 g/mol. The molecule has 6 heteroatoms. The number of rotatable bonds is 5. The zero-order chi connectivity index (χ0) is 15.2. The van der Waals surface area contributed by atoms with E-state index in [2.05, 4.69) is 21.2 Å². The topological polar surface area (TPSA) is 64.6 Å². The molecule has 1 amide bonds. The third kappa shape index (κ3) is 6.59. The SMILES string of the molecule is CC(C)(C)OC(=O)NC(CCBr)C(=O)OC1CCCC1. The van der Waals surface area contributed by atoms with Crippen LogP contribution in [0.25, 0.3) is 0 Å². The molecule has 1 fully saturated rings. The number of nitrogens with one attached hydrogen (secondary N) is 1. The average molecular weight is 350 g/mol. The van der Waals surface area contributed by atoms with Gasteiger partial charge in [0.2, 0.25) is 0 Å². The van der Waals surface area contributed by atoms with Gasteiger partial charge in [-0.2, -0.15) is 0 Å². The minimum Gasteiger partial charge on any atom is -0.461 e. The summed E-state index contributed by atoms with van der Waals surface area (Å²) in [6, 6.07) is -0.662. The minimum atomic E-state index is -0.662. The Morgan fingerprint density at radius 2 is 1.90 bits per heavy atom. The van der Waals surface area contributed by atoms with Crippen LogP contribution in [0.5, 0.6) is 0 Å². The van der Waals surface area contributed by atoms with Gasteiger partial charge in [0.15, 0.2) is 0 Å². The Morgan fingerprint density at radius 3 is 2.40 bits per heavy atom.